The maximum Gasteiger partial charge on any atom is 0.306 e. The number of rotatable bonds is 38. The summed E-state index contributed by atoms with van der Waals surface area (Å²) in [6, 6.07) is 0. The zero-order valence-electron chi connectivity index (χ0n) is 32.9. The first-order valence-electron chi connectivity index (χ1n) is 21.3. The van der Waals surface area contributed by atoms with E-state index in [-0.39, 0.29) is 18.5 Å². The second-order valence-corrected chi connectivity index (χ2v) is 14.2. The summed E-state index contributed by atoms with van der Waals surface area (Å²) in [6.45, 7) is 4.44. The molecular formula is C46H80O4. The first-order chi connectivity index (χ1) is 24.6. The number of carbonyl (C=O) groups is 2. The summed E-state index contributed by atoms with van der Waals surface area (Å²) in [4.78, 5) is 23.4. The van der Waals surface area contributed by atoms with E-state index in [2.05, 4.69) is 74.6 Å². The highest BCUT2D eigenvalue weighted by Gasteiger charge is 2.14. The highest BCUT2D eigenvalue weighted by Crippen LogP contribution is 2.19. The second kappa shape index (κ2) is 41.1. The largest absolute Gasteiger partial charge is 0.481 e. The van der Waals surface area contributed by atoms with Crippen molar-refractivity contribution in [3.8, 4) is 0 Å². The Balaban J connectivity index is 4.14. The molecule has 0 saturated carbocycles. The van der Waals surface area contributed by atoms with Gasteiger partial charge in [0.25, 0.3) is 0 Å². The lowest BCUT2D eigenvalue weighted by Gasteiger charge is -2.18. The predicted octanol–water partition coefficient (Wildman–Crippen LogP) is 14.9. The quantitative estimate of drug-likeness (QED) is 0.0396. The Bertz CT molecular complexity index is 881. The maximum atomic E-state index is 12.7. The van der Waals surface area contributed by atoms with Crippen LogP contribution in [0.5, 0.6) is 0 Å². The standard InChI is InChI=1S/C46H80O4/c1-3-5-7-9-11-13-15-17-19-20-22-24-26-28-30-35-39-43-46(49)50-44(41-37-33-31-34-38-42-45(47)48)40-36-32-29-27-25-23-21-18-16-14-12-10-8-6-4-2/h5,7,11,13,17,19,22,24,28,30,44H,3-4,6,8-10,12,14-16,18,20-21,23,25-27,29,31-43H2,1-2H3,(H,47,48)/b7-5-,13-11-,19-17-,24-22-,30-28-. The van der Waals surface area contributed by atoms with Gasteiger partial charge in [-0.2, -0.15) is 0 Å². The van der Waals surface area contributed by atoms with Gasteiger partial charge < -0.3 is 9.84 Å². The van der Waals surface area contributed by atoms with Crippen molar-refractivity contribution in [2.45, 2.75) is 219 Å². The highest BCUT2D eigenvalue weighted by molar-refractivity contribution is 5.69. The predicted molar refractivity (Wildman–Crippen MR) is 218 cm³/mol. The van der Waals surface area contributed by atoms with Crippen LogP contribution < -0.4 is 0 Å². The molecule has 1 N–H and O–H groups in total. The number of allylic oxidation sites excluding steroid dienone is 10. The Morgan fingerprint density at radius 1 is 0.460 bits per heavy atom. The molecule has 1 atom stereocenters. The van der Waals surface area contributed by atoms with Crippen molar-refractivity contribution < 1.29 is 19.4 Å². The molecule has 0 aliphatic heterocycles. The van der Waals surface area contributed by atoms with Gasteiger partial charge in [0.15, 0.2) is 0 Å². The van der Waals surface area contributed by atoms with Crippen LogP contribution in [0, 0.1) is 0 Å². The summed E-state index contributed by atoms with van der Waals surface area (Å²) in [5.41, 5.74) is 0. The molecule has 0 aromatic rings. The van der Waals surface area contributed by atoms with Crippen molar-refractivity contribution >= 4 is 11.9 Å². The summed E-state index contributed by atoms with van der Waals surface area (Å²) in [5.74, 6) is -0.758. The van der Waals surface area contributed by atoms with Gasteiger partial charge in [0.2, 0.25) is 0 Å². The van der Waals surface area contributed by atoms with Gasteiger partial charge in [-0.05, 0) is 77.0 Å². The molecule has 0 saturated heterocycles. The molecule has 0 aromatic heterocycles. The lowest BCUT2D eigenvalue weighted by atomic mass is 10.0. The third-order valence-electron chi connectivity index (χ3n) is 9.25. The van der Waals surface area contributed by atoms with Crippen LogP contribution in [0.3, 0.4) is 0 Å². The van der Waals surface area contributed by atoms with E-state index in [1.807, 2.05) is 0 Å². The minimum Gasteiger partial charge on any atom is -0.481 e. The smallest absolute Gasteiger partial charge is 0.306 e. The molecule has 1 unspecified atom stereocenters. The van der Waals surface area contributed by atoms with Gasteiger partial charge in [-0.3, -0.25) is 9.59 Å². The summed E-state index contributed by atoms with van der Waals surface area (Å²) < 4.78 is 5.99. The highest BCUT2D eigenvalue weighted by atomic mass is 16.5. The van der Waals surface area contributed by atoms with Crippen molar-refractivity contribution in [2.75, 3.05) is 0 Å². The van der Waals surface area contributed by atoms with Gasteiger partial charge in [0.1, 0.15) is 6.10 Å². The van der Waals surface area contributed by atoms with Crippen molar-refractivity contribution in [1.82, 2.24) is 0 Å². The number of carboxylic acid groups (broad SMARTS) is 1. The molecule has 4 nitrogen and oxygen atoms in total. The Kier molecular flexibility index (Phi) is 39.1. The molecule has 288 valence electrons. The van der Waals surface area contributed by atoms with E-state index in [9.17, 15) is 9.59 Å². The van der Waals surface area contributed by atoms with Gasteiger partial charge in [-0.15, -0.1) is 0 Å². The van der Waals surface area contributed by atoms with Crippen LogP contribution in [0.4, 0.5) is 0 Å². The minimum absolute atomic E-state index is 0.0252. The average Bonchev–Trinajstić information content (AvgIpc) is 3.10. The fourth-order valence-corrected chi connectivity index (χ4v) is 6.16. The zero-order valence-corrected chi connectivity index (χ0v) is 32.9. The van der Waals surface area contributed by atoms with Crippen molar-refractivity contribution in [3.63, 3.8) is 0 Å². The lowest BCUT2D eigenvalue weighted by Crippen LogP contribution is -2.18. The van der Waals surface area contributed by atoms with E-state index < -0.39 is 5.97 Å². The molecule has 0 heterocycles. The Morgan fingerprint density at radius 2 is 0.840 bits per heavy atom. The first-order valence-corrected chi connectivity index (χ1v) is 21.3. The van der Waals surface area contributed by atoms with Crippen LogP contribution in [0.1, 0.15) is 213 Å². The molecular weight excluding hydrogens is 617 g/mol. The third kappa shape index (κ3) is 40.1. The number of esters is 1. The monoisotopic (exact) mass is 697 g/mol. The molecule has 0 amide bonds. The van der Waals surface area contributed by atoms with E-state index in [4.69, 9.17) is 9.84 Å². The number of carboxylic acids is 1. The topological polar surface area (TPSA) is 63.6 Å². The summed E-state index contributed by atoms with van der Waals surface area (Å²) in [5, 5.41) is 8.84. The van der Waals surface area contributed by atoms with Crippen molar-refractivity contribution in [1.29, 1.82) is 0 Å². The Hall–Kier alpha value is -2.36. The van der Waals surface area contributed by atoms with Gasteiger partial charge in [-0.1, -0.05) is 184 Å². The van der Waals surface area contributed by atoms with Crippen LogP contribution in [-0.4, -0.2) is 23.1 Å². The average molecular weight is 697 g/mol. The Labute approximate surface area is 310 Å². The van der Waals surface area contributed by atoms with E-state index in [0.717, 1.165) is 96.3 Å². The number of unbranched alkanes of at least 4 members (excludes halogenated alkanes) is 19. The van der Waals surface area contributed by atoms with Crippen LogP contribution in [0.15, 0.2) is 60.8 Å². The summed E-state index contributed by atoms with van der Waals surface area (Å²) in [6.07, 6.45) is 56.7. The lowest BCUT2D eigenvalue weighted by molar-refractivity contribution is -0.150. The fourth-order valence-electron chi connectivity index (χ4n) is 6.16. The number of carbonyl (C=O) groups excluding carboxylic acids is 1. The molecule has 0 bridgehead atoms. The molecule has 0 aliphatic rings. The van der Waals surface area contributed by atoms with E-state index in [0.29, 0.717) is 6.42 Å². The van der Waals surface area contributed by atoms with E-state index in [1.54, 1.807) is 0 Å². The van der Waals surface area contributed by atoms with Gasteiger partial charge in [0.05, 0.1) is 0 Å². The van der Waals surface area contributed by atoms with Crippen LogP contribution in [-0.2, 0) is 14.3 Å². The Morgan fingerprint density at radius 3 is 1.26 bits per heavy atom. The molecule has 0 aliphatic carbocycles. The molecule has 0 rings (SSSR count). The van der Waals surface area contributed by atoms with Crippen molar-refractivity contribution in [3.05, 3.63) is 60.8 Å². The zero-order chi connectivity index (χ0) is 36.4. The van der Waals surface area contributed by atoms with Gasteiger partial charge in [-0.25, -0.2) is 0 Å². The number of ether oxygens (including phenoxy) is 1. The molecule has 4 heteroatoms. The van der Waals surface area contributed by atoms with Gasteiger partial charge >= 0.3 is 11.9 Å². The normalized spacial score (nSPS) is 12.8. The maximum absolute atomic E-state index is 12.7. The molecule has 0 aromatic carbocycles. The van der Waals surface area contributed by atoms with Crippen LogP contribution >= 0.6 is 0 Å². The molecule has 0 radical (unpaired) electrons. The molecule has 50 heavy (non-hydrogen) atoms. The number of hydrogen-bond acceptors (Lipinski definition) is 3. The van der Waals surface area contributed by atoms with Crippen LogP contribution in [0.2, 0.25) is 0 Å². The van der Waals surface area contributed by atoms with Crippen molar-refractivity contribution in [2.24, 2.45) is 0 Å². The molecule has 0 spiro atoms. The van der Waals surface area contributed by atoms with Gasteiger partial charge in [0, 0.05) is 12.8 Å². The number of aliphatic carboxylic acids is 1. The summed E-state index contributed by atoms with van der Waals surface area (Å²) in [7, 11) is 0. The van der Waals surface area contributed by atoms with Crippen LogP contribution in [0.25, 0.3) is 0 Å². The van der Waals surface area contributed by atoms with E-state index >= 15 is 0 Å². The van der Waals surface area contributed by atoms with E-state index in [1.165, 1.54) is 89.9 Å². The summed E-state index contributed by atoms with van der Waals surface area (Å²) >= 11 is 0. The third-order valence-corrected chi connectivity index (χ3v) is 9.25. The molecule has 0 fully saturated rings. The fraction of sp³-hybridized carbons (Fsp3) is 0.739. The SMILES string of the molecule is CC/C=C\C/C=C\C/C=C\C/C=C\C/C=C\CCCC(=O)OC(CCCCCCCCCCCCCCCCC)CCCCCCCC(=O)O. The number of hydrogen-bond donors (Lipinski definition) is 1. The second-order valence-electron chi connectivity index (χ2n) is 14.2. The first kappa shape index (κ1) is 47.6. The minimum atomic E-state index is -0.707.